The highest BCUT2D eigenvalue weighted by atomic mass is 32.2. The predicted molar refractivity (Wildman–Crippen MR) is 120 cm³/mol. The van der Waals surface area contributed by atoms with Crippen molar-refractivity contribution in [3.63, 3.8) is 0 Å². The van der Waals surface area contributed by atoms with Gasteiger partial charge in [-0.25, -0.2) is 9.07 Å². The van der Waals surface area contributed by atoms with Crippen molar-refractivity contribution >= 4 is 29.0 Å². The Bertz CT molecular complexity index is 1160. The van der Waals surface area contributed by atoms with E-state index in [9.17, 15) is 9.18 Å². The summed E-state index contributed by atoms with van der Waals surface area (Å²) in [7, 11) is 0. The Morgan fingerprint density at radius 2 is 1.97 bits per heavy atom. The Balaban J connectivity index is 1.40. The van der Waals surface area contributed by atoms with Gasteiger partial charge in [0.1, 0.15) is 10.8 Å². The highest BCUT2D eigenvalue weighted by Crippen LogP contribution is 2.26. The molecule has 3 aromatic heterocycles. The average molecular weight is 454 g/mol. The molecule has 1 amide bonds. The molecular weight excluding hydrogens is 433 g/mol. The Labute approximate surface area is 187 Å². The number of hydrogen-bond acceptors (Lipinski definition) is 6. The van der Waals surface area contributed by atoms with Crippen LogP contribution in [0.1, 0.15) is 27.9 Å². The third-order valence-corrected chi connectivity index (χ3v) is 6.40. The van der Waals surface area contributed by atoms with Crippen molar-refractivity contribution in [3.8, 4) is 5.82 Å². The van der Waals surface area contributed by atoms with Gasteiger partial charge in [0.2, 0.25) is 5.91 Å². The zero-order valence-electron chi connectivity index (χ0n) is 16.9. The fraction of sp³-hybridized carbons (Fsp3) is 0.182. The highest BCUT2D eigenvalue weighted by molar-refractivity contribution is 7.99. The van der Waals surface area contributed by atoms with Crippen molar-refractivity contribution in [2.24, 2.45) is 0 Å². The minimum Gasteiger partial charge on any atom is -0.344 e. The number of thioether (sulfide) groups is 1. The summed E-state index contributed by atoms with van der Waals surface area (Å²) in [4.78, 5) is 13.6. The molecule has 1 unspecified atom stereocenters. The Morgan fingerprint density at radius 1 is 1.16 bits per heavy atom. The summed E-state index contributed by atoms with van der Waals surface area (Å²) in [6.07, 6.45) is 0. The lowest BCUT2D eigenvalue weighted by atomic mass is 10.1. The van der Waals surface area contributed by atoms with Crippen LogP contribution in [-0.4, -0.2) is 31.6 Å². The molecule has 0 aliphatic rings. The number of halogens is 1. The van der Waals surface area contributed by atoms with Crippen molar-refractivity contribution in [2.45, 2.75) is 24.9 Å². The molecule has 0 bridgehead atoms. The molecule has 9 heteroatoms. The number of aromatic nitrogens is 4. The van der Waals surface area contributed by atoms with E-state index in [1.54, 1.807) is 28.2 Å². The van der Waals surface area contributed by atoms with Crippen molar-refractivity contribution in [3.05, 3.63) is 87.6 Å². The zero-order chi connectivity index (χ0) is 21.8. The van der Waals surface area contributed by atoms with E-state index in [4.69, 9.17) is 0 Å². The number of amides is 1. The molecule has 31 heavy (non-hydrogen) atoms. The van der Waals surface area contributed by atoms with Gasteiger partial charge < -0.3 is 5.32 Å². The van der Waals surface area contributed by atoms with Crippen LogP contribution in [0.25, 0.3) is 5.82 Å². The lowest BCUT2D eigenvalue weighted by Gasteiger charge is -2.18. The van der Waals surface area contributed by atoms with Crippen LogP contribution in [0.5, 0.6) is 0 Å². The lowest BCUT2D eigenvalue weighted by molar-refractivity contribution is -0.119. The third kappa shape index (κ3) is 5.18. The van der Waals surface area contributed by atoms with E-state index in [1.165, 1.54) is 23.9 Å². The molecule has 1 N–H and O–H groups in total. The molecule has 0 saturated carbocycles. The Kier molecular flexibility index (Phi) is 6.43. The molecule has 6 nitrogen and oxygen atoms in total. The van der Waals surface area contributed by atoms with Crippen LogP contribution in [0.4, 0.5) is 4.39 Å². The highest BCUT2D eigenvalue weighted by Gasteiger charge is 2.18. The number of nitrogens with one attached hydrogen (secondary N) is 1. The van der Waals surface area contributed by atoms with Crippen molar-refractivity contribution < 1.29 is 9.18 Å². The van der Waals surface area contributed by atoms with Crippen LogP contribution in [-0.2, 0) is 4.79 Å². The van der Waals surface area contributed by atoms with Gasteiger partial charge in [0.25, 0.3) is 0 Å². The SMILES string of the molecule is Cc1cc(C)n(-c2ccc(SCC(=O)NC(c3ccc(F)cc3)c3cccs3)nn2)n1. The maximum absolute atomic E-state index is 13.3. The zero-order valence-corrected chi connectivity index (χ0v) is 18.6. The number of carbonyl (C=O) groups excluding carboxylic acids is 1. The van der Waals surface area contributed by atoms with Crippen LogP contribution in [0.3, 0.4) is 0 Å². The first-order valence-electron chi connectivity index (χ1n) is 9.58. The molecule has 0 fully saturated rings. The van der Waals surface area contributed by atoms with Gasteiger partial charge in [0.15, 0.2) is 5.82 Å². The number of rotatable bonds is 7. The first-order chi connectivity index (χ1) is 15.0. The van der Waals surface area contributed by atoms with Gasteiger partial charge in [-0.15, -0.1) is 21.5 Å². The predicted octanol–water partition coefficient (Wildman–Crippen LogP) is 4.48. The van der Waals surface area contributed by atoms with Crippen molar-refractivity contribution in [1.29, 1.82) is 0 Å². The number of nitrogens with zero attached hydrogens (tertiary/aromatic N) is 4. The van der Waals surface area contributed by atoms with E-state index in [1.807, 2.05) is 49.6 Å². The fourth-order valence-electron chi connectivity index (χ4n) is 3.14. The first-order valence-corrected chi connectivity index (χ1v) is 11.4. The van der Waals surface area contributed by atoms with Crippen LogP contribution < -0.4 is 5.32 Å². The number of aryl methyl sites for hydroxylation is 2. The summed E-state index contributed by atoms with van der Waals surface area (Å²) >= 11 is 2.85. The molecule has 0 saturated heterocycles. The van der Waals surface area contributed by atoms with E-state index in [2.05, 4.69) is 20.6 Å². The summed E-state index contributed by atoms with van der Waals surface area (Å²) < 4.78 is 15.1. The minimum atomic E-state index is -0.326. The third-order valence-electron chi connectivity index (χ3n) is 4.54. The second-order valence-corrected chi connectivity index (χ2v) is 8.90. The molecule has 0 radical (unpaired) electrons. The van der Waals surface area contributed by atoms with Gasteiger partial charge in [-0.1, -0.05) is 30.0 Å². The van der Waals surface area contributed by atoms with Gasteiger partial charge >= 0.3 is 0 Å². The summed E-state index contributed by atoms with van der Waals surface area (Å²) in [5.41, 5.74) is 2.72. The minimum absolute atomic E-state index is 0.142. The topological polar surface area (TPSA) is 72.7 Å². The second kappa shape index (κ2) is 9.40. The molecule has 4 aromatic rings. The van der Waals surface area contributed by atoms with Crippen molar-refractivity contribution in [1.82, 2.24) is 25.3 Å². The first kappa shape index (κ1) is 21.2. The number of hydrogen-bond donors (Lipinski definition) is 1. The van der Waals surface area contributed by atoms with Crippen LogP contribution >= 0.6 is 23.1 Å². The maximum atomic E-state index is 13.3. The van der Waals surface area contributed by atoms with E-state index >= 15 is 0 Å². The number of carbonyl (C=O) groups is 1. The van der Waals surface area contributed by atoms with Crippen molar-refractivity contribution in [2.75, 3.05) is 5.75 Å². The molecule has 1 aromatic carbocycles. The molecule has 0 aliphatic carbocycles. The molecule has 158 valence electrons. The number of benzene rings is 1. The van der Waals surface area contributed by atoms with E-state index < -0.39 is 0 Å². The Morgan fingerprint density at radius 3 is 2.58 bits per heavy atom. The summed E-state index contributed by atoms with van der Waals surface area (Å²) in [6, 6.07) is 15.4. The standard InChI is InChI=1S/C22H20FN5OS2/c1-14-12-15(2)28(27-14)19-9-10-21(26-25-19)31-13-20(29)24-22(18-4-3-11-30-18)16-5-7-17(23)8-6-16/h3-12,22H,13H2,1-2H3,(H,24,29). The average Bonchev–Trinajstić information content (AvgIpc) is 3.41. The number of thiophene rings is 1. The van der Waals surface area contributed by atoms with Gasteiger partial charge in [0.05, 0.1) is 17.5 Å². The maximum Gasteiger partial charge on any atom is 0.231 e. The summed E-state index contributed by atoms with van der Waals surface area (Å²) in [6.45, 7) is 3.88. The lowest BCUT2D eigenvalue weighted by Crippen LogP contribution is -2.30. The van der Waals surface area contributed by atoms with Gasteiger partial charge in [-0.2, -0.15) is 5.10 Å². The fourth-order valence-corrected chi connectivity index (χ4v) is 4.56. The molecule has 0 aliphatic heterocycles. The summed E-state index contributed by atoms with van der Waals surface area (Å²) in [5, 5.41) is 18.5. The van der Waals surface area contributed by atoms with Crippen LogP contribution in [0, 0.1) is 19.7 Å². The molecule has 0 spiro atoms. The quantitative estimate of drug-likeness (QED) is 0.418. The molecule has 1 atom stereocenters. The monoisotopic (exact) mass is 453 g/mol. The molecule has 3 heterocycles. The van der Waals surface area contributed by atoms with E-state index in [0.717, 1.165) is 21.8 Å². The smallest absolute Gasteiger partial charge is 0.231 e. The molecular formula is C22H20FN5OS2. The summed E-state index contributed by atoms with van der Waals surface area (Å²) in [5.74, 6) is 0.375. The second-order valence-electron chi connectivity index (χ2n) is 6.92. The Hall–Kier alpha value is -3.04. The van der Waals surface area contributed by atoms with Gasteiger partial charge in [0, 0.05) is 10.6 Å². The van der Waals surface area contributed by atoms with Gasteiger partial charge in [-0.05, 0) is 61.2 Å². The van der Waals surface area contributed by atoms with Crippen LogP contribution in [0.2, 0.25) is 0 Å². The normalized spacial score (nSPS) is 12.0. The van der Waals surface area contributed by atoms with E-state index in [-0.39, 0.29) is 23.5 Å². The van der Waals surface area contributed by atoms with E-state index in [0.29, 0.717) is 10.8 Å². The largest absolute Gasteiger partial charge is 0.344 e. The molecule has 4 rings (SSSR count). The van der Waals surface area contributed by atoms with Gasteiger partial charge in [-0.3, -0.25) is 4.79 Å². The van der Waals surface area contributed by atoms with Crippen LogP contribution in [0.15, 0.2) is 65.0 Å².